The maximum Gasteiger partial charge on any atom is 0.206 e. The highest BCUT2D eigenvalue weighted by atomic mass is 32.2. The van der Waals surface area contributed by atoms with E-state index in [1.54, 1.807) is 0 Å². The van der Waals surface area contributed by atoms with Gasteiger partial charge in [0, 0.05) is 13.0 Å². The first kappa shape index (κ1) is 11.7. The fraction of sp³-hybridized carbons (Fsp3) is 0.500. The van der Waals surface area contributed by atoms with Crippen molar-refractivity contribution >= 4 is 39.8 Å². The van der Waals surface area contributed by atoms with Gasteiger partial charge in [0.15, 0.2) is 8.68 Å². The van der Waals surface area contributed by atoms with Crippen LogP contribution < -0.4 is 5.32 Å². The standard InChI is InChI=1S/C8H11N5S3/c1-3-5-10-7(16-13-5)15-8-12-11-6(14-8)9-4-2/h3-4H2,1-2H3,(H,9,11). The Morgan fingerprint density at radius 2 is 2.12 bits per heavy atom. The molecule has 0 bridgehead atoms. The zero-order chi connectivity index (χ0) is 11.4. The summed E-state index contributed by atoms with van der Waals surface area (Å²) in [5, 5.41) is 12.1. The third kappa shape index (κ3) is 2.89. The highest BCUT2D eigenvalue weighted by Crippen LogP contribution is 2.32. The third-order valence-corrected chi connectivity index (χ3v) is 4.40. The van der Waals surface area contributed by atoms with Gasteiger partial charge in [-0.25, -0.2) is 4.98 Å². The Kier molecular flexibility index (Phi) is 4.08. The van der Waals surface area contributed by atoms with Crippen LogP contribution in [0.2, 0.25) is 0 Å². The van der Waals surface area contributed by atoms with Gasteiger partial charge in [-0.3, -0.25) is 0 Å². The van der Waals surface area contributed by atoms with Crippen molar-refractivity contribution in [2.75, 3.05) is 11.9 Å². The number of nitrogens with zero attached hydrogens (tertiary/aromatic N) is 4. The van der Waals surface area contributed by atoms with Crippen molar-refractivity contribution in [3.8, 4) is 0 Å². The van der Waals surface area contributed by atoms with Crippen molar-refractivity contribution in [3.63, 3.8) is 0 Å². The molecule has 0 radical (unpaired) electrons. The van der Waals surface area contributed by atoms with Gasteiger partial charge in [0.2, 0.25) is 5.13 Å². The lowest BCUT2D eigenvalue weighted by Gasteiger charge is -1.91. The van der Waals surface area contributed by atoms with E-state index in [1.807, 2.05) is 13.8 Å². The van der Waals surface area contributed by atoms with Gasteiger partial charge in [0.1, 0.15) is 5.82 Å². The molecular formula is C8H11N5S3. The molecule has 86 valence electrons. The normalized spacial score (nSPS) is 10.6. The van der Waals surface area contributed by atoms with Crippen molar-refractivity contribution in [1.29, 1.82) is 0 Å². The van der Waals surface area contributed by atoms with E-state index < -0.39 is 0 Å². The lowest BCUT2D eigenvalue weighted by atomic mass is 10.5. The van der Waals surface area contributed by atoms with Crippen LogP contribution in [0.5, 0.6) is 0 Å². The van der Waals surface area contributed by atoms with E-state index in [2.05, 4.69) is 24.9 Å². The van der Waals surface area contributed by atoms with E-state index in [9.17, 15) is 0 Å². The highest BCUT2D eigenvalue weighted by molar-refractivity contribution is 8.02. The maximum absolute atomic E-state index is 4.37. The first-order valence-electron chi connectivity index (χ1n) is 4.89. The molecule has 8 heteroatoms. The van der Waals surface area contributed by atoms with Crippen LogP contribution in [0.4, 0.5) is 5.13 Å². The van der Waals surface area contributed by atoms with Crippen LogP contribution in [0.1, 0.15) is 19.7 Å². The molecule has 0 spiro atoms. The average molecular weight is 273 g/mol. The predicted molar refractivity (Wildman–Crippen MR) is 67.5 cm³/mol. The molecule has 0 aliphatic rings. The van der Waals surface area contributed by atoms with Gasteiger partial charge in [-0.15, -0.1) is 10.2 Å². The lowest BCUT2D eigenvalue weighted by molar-refractivity contribution is 0.967. The Labute approximate surface area is 106 Å². The largest absolute Gasteiger partial charge is 0.360 e. The zero-order valence-electron chi connectivity index (χ0n) is 8.93. The molecule has 1 N–H and O–H groups in total. The molecule has 0 saturated heterocycles. The Balaban J connectivity index is 2.02. The Morgan fingerprint density at radius 1 is 1.25 bits per heavy atom. The minimum atomic E-state index is 0.852. The van der Waals surface area contributed by atoms with Gasteiger partial charge in [0.25, 0.3) is 0 Å². The van der Waals surface area contributed by atoms with Crippen molar-refractivity contribution in [2.45, 2.75) is 28.9 Å². The minimum Gasteiger partial charge on any atom is -0.360 e. The molecule has 2 rings (SSSR count). The monoisotopic (exact) mass is 273 g/mol. The molecule has 2 heterocycles. The van der Waals surface area contributed by atoms with Crippen LogP contribution in [0.3, 0.4) is 0 Å². The number of aromatic nitrogens is 4. The van der Waals surface area contributed by atoms with Crippen LogP contribution in [0.25, 0.3) is 0 Å². The zero-order valence-corrected chi connectivity index (χ0v) is 11.4. The molecule has 5 nitrogen and oxygen atoms in total. The minimum absolute atomic E-state index is 0.852. The Hall–Kier alpha value is -0.730. The van der Waals surface area contributed by atoms with E-state index in [0.29, 0.717) is 0 Å². The molecule has 0 saturated carbocycles. The summed E-state index contributed by atoms with van der Waals surface area (Å²) < 4.78 is 6.05. The van der Waals surface area contributed by atoms with Crippen LogP contribution in [-0.4, -0.2) is 26.1 Å². The van der Waals surface area contributed by atoms with Crippen molar-refractivity contribution in [2.24, 2.45) is 0 Å². The van der Waals surface area contributed by atoms with Crippen LogP contribution in [-0.2, 0) is 6.42 Å². The van der Waals surface area contributed by atoms with Gasteiger partial charge in [-0.1, -0.05) is 18.3 Å². The van der Waals surface area contributed by atoms with Crippen molar-refractivity contribution < 1.29 is 0 Å². The second-order valence-electron chi connectivity index (χ2n) is 2.84. The summed E-state index contributed by atoms with van der Waals surface area (Å²) in [4.78, 5) is 4.37. The number of rotatable bonds is 5. The SMILES string of the molecule is CCNc1nnc(Sc2nc(CC)ns2)s1. The summed E-state index contributed by atoms with van der Waals surface area (Å²) in [5.41, 5.74) is 0. The summed E-state index contributed by atoms with van der Waals surface area (Å²) in [6, 6.07) is 0. The van der Waals surface area contributed by atoms with Crippen molar-refractivity contribution in [3.05, 3.63) is 5.82 Å². The van der Waals surface area contributed by atoms with Gasteiger partial charge in [-0.2, -0.15) is 4.37 Å². The number of aryl methyl sites for hydroxylation is 1. The van der Waals surface area contributed by atoms with E-state index in [-0.39, 0.29) is 0 Å². The summed E-state index contributed by atoms with van der Waals surface area (Å²) in [7, 11) is 0. The topological polar surface area (TPSA) is 63.6 Å². The molecule has 0 unspecified atom stereocenters. The molecule has 16 heavy (non-hydrogen) atoms. The van der Waals surface area contributed by atoms with Gasteiger partial charge in [-0.05, 0) is 30.2 Å². The number of hydrogen-bond acceptors (Lipinski definition) is 8. The molecule has 0 aliphatic heterocycles. The van der Waals surface area contributed by atoms with E-state index in [0.717, 1.165) is 32.6 Å². The summed E-state index contributed by atoms with van der Waals surface area (Å²) >= 11 is 4.47. The highest BCUT2D eigenvalue weighted by Gasteiger charge is 2.09. The fourth-order valence-electron chi connectivity index (χ4n) is 0.971. The van der Waals surface area contributed by atoms with Gasteiger partial charge >= 0.3 is 0 Å². The average Bonchev–Trinajstić information content (AvgIpc) is 2.89. The van der Waals surface area contributed by atoms with E-state index in [4.69, 9.17) is 0 Å². The van der Waals surface area contributed by atoms with E-state index in [1.165, 1.54) is 34.6 Å². The van der Waals surface area contributed by atoms with Crippen LogP contribution in [0, 0.1) is 0 Å². The van der Waals surface area contributed by atoms with Gasteiger partial charge < -0.3 is 5.32 Å². The third-order valence-electron chi connectivity index (χ3n) is 1.67. The summed E-state index contributed by atoms with van der Waals surface area (Å²) in [5.74, 6) is 0.893. The maximum atomic E-state index is 4.37. The van der Waals surface area contributed by atoms with E-state index >= 15 is 0 Å². The van der Waals surface area contributed by atoms with Crippen molar-refractivity contribution in [1.82, 2.24) is 19.6 Å². The quantitative estimate of drug-likeness (QED) is 0.903. The first-order chi connectivity index (χ1) is 7.81. The van der Waals surface area contributed by atoms with Crippen LogP contribution in [0.15, 0.2) is 8.68 Å². The molecule has 2 aromatic rings. The lowest BCUT2D eigenvalue weighted by Crippen LogP contribution is -1.94. The van der Waals surface area contributed by atoms with Gasteiger partial charge in [0.05, 0.1) is 0 Å². The molecule has 0 aromatic carbocycles. The summed E-state index contributed by atoms with van der Waals surface area (Å²) in [6.07, 6.45) is 0.871. The second kappa shape index (κ2) is 5.55. The number of nitrogens with one attached hydrogen (secondary N) is 1. The van der Waals surface area contributed by atoms with Crippen LogP contribution >= 0.6 is 34.6 Å². The second-order valence-corrected chi connectivity index (χ2v) is 6.06. The molecular weight excluding hydrogens is 262 g/mol. The molecule has 0 amide bonds. The smallest absolute Gasteiger partial charge is 0.206 e. The fourth-order valence-corrected chi connectivity index (χ4v) is 3.69. The number of anilines is 1. The summed E-state index contributed by atoms with van der Waals surface area (Å²) in [6.45, 7) is 4.94. The Bertz CT molecular complexity index is 452. The molecule has 0 aliphatic carbocycles. The molecule has 0 fully saturated rings. The predicted octanol–water partition coefficient (Wildman–Crippen LogP) is 2.54. The number of hydrogen-bond donors (Lipinski definition) is 1. The Morgan fingerprint density at radius 3 is 2.81 bits per heavy atom. The molecule has 0 atom stereocenters. The first-order valence-corrected chi connectivity index (χ1v) is 7.30. The molecule has 2 aromatic heterocycles.